The molecule has 7 heteroatoms. The first kappa shape index (κ1) is 19.8. The van der Waals surface area contributed by atoms with Crippen LogP contribution in [0.3, 0.4) is 0 Å². The van der Waals surface area contributed by atoms with Gasteiger partial charge < -0.3 is 4.74 Å². The highest BCUT2D eigenvalue weighted by atomic mass is 17.2. The van der Waals surface area contributed by atoms with Crippen LogP contribution in [0.5, 0.6) is 5.75 Å². The normalized spacial score (nSPS) is 11.4. The van der Waals surface area contributed by atoms with Gasteiger partial charge >= 0.3 is 11.9 Å². The molecule has 0 bridgehead atoms. The monoisotopic (exact) mass is 370 g/mol. The summed E-state index contributed by atoms with van der Waals surface area (Å²) in [6.45, 7) is 4.63. The van der Waals surface area contributed by atoms with E-state index in [0.29, 0.717) is 29.0 Å². The van der Waals surface area contributed by atoms with Gasteiger partial charge in [-0.25, -0.2) is 19.4 Å². The molecule has 0 amide bonds. The van der Waals surface area contributed by atoms with Gasteiger partial charge in [0.05, 0.1) is 5.56 Å². The standard InChI is InChI=1S/C16H12O3.C4H6O4/c1-10-2-4-13-12(6-10)9-19-15-5-3-11(8-17)7-14(15)16(13)18;1-3(5)7-8-4(2)6/h2-8H,9H2,1H3;1-2H3. The maximum Gasteiger partial charge on any atom is 0.352 e. The lowest BCUT2D eigenvalue weighted by atomic mass is 9.97. The Kier molecular flexibility index (Phi) is 6.43. The fourth-order valence-corrected chi connectivity index (χ4v) is 2.41. The number of rotatable bonds is 1. The van der Waals surface area contributed by atoms with Crippen molar-refractivity contribution in [1.29, 1.82) is 0 Å². The largest absolute Gasteiger partial charge is 0.488 e. The molecule has 27 heavy (non-hydrogen) atoms. The number of hydrogen-bond donors (Lipinski definition) is 0. The Hall–Kier alpha value is -3.48. The Balaban J connectivity index is 0.000000279. The van der Waals surface area contributed by atoms with Crippen LogP contribution in [0.4, 0.5) is 0 Å². The zero-order chi connectivity index (χ0) is 20.0. The number of aldehydes is 1. The smallest absolute Gasteiger partial charge is 0.352 e. The van der Waals surface area contributed by atoms with Crippen molar-refractivity contribution in [3.63, 3.8) is 0 Å². The maximum absolute atomic E-state index is 12.5. The van der Waals surface area contributed by atoms with Crippen molar-refractivity contribution >= 4 is 24.0 Å². The minimum Gasteiger partial charge on any atom is -0.488 e. The molecular formula is C20H18O7. The maximum atomic E-state index is 12.5. The Morgan fingerprint density at radius 2 is 1.67 bits per heavy atom. The van der Waals surface area contributed by atoms with E-state index in [4.69, 9.17) is 4.74 Å². The Bertz CT molecular complexity index is 885. The molecule has 0 aromatic heterocycles. The summed E-state index contributed by atoms with van der Waals surface area (Å²) in [7, 11) is 0. The van der Waals surface area contributed by atoms with Crippen LogP contribution in [0.2, 0.25) is 0 Å². The number of aryl methyl sites for hydroxylation is 1. The Morgan fingerprint density at radius 1 is 1.00 bits per heavy atom. The van der Waals surface area contributed by atoms with E-state index in [2.05, 4.69) is 9.78 Å². The topological polar surface area (TPSA) is 96.0 Å². The highest BCUT2D eigenvalue weighted by Gasteiger charge is 2.22. The molecule has 1 heterocycles. The van der Waals surface area contributed by atoms with Gasteiger partial charge in [-0.15, -0.1) is 0 Å². The summed E-state index contributed by atoms with van der Waals surface area (Å²) in [5, 5.41) is 0. The predicted molar refractivity (Wildman–Crippen MR) is 94.3 cm³/mol. The summed E-state index contributed by atoms with van der Waals surface area (Å²) in [6.07, 6.45) is 0.731. The third kappa shape index (κ3) is 5.24. The van der Waals surface area contributed by atoms with Crippen LogP contribution in [-0.2, 0) is 26.0 Å². The summed E-state index contributed by atoms with van der Waals surface area (Å²) in [4.78, 5) is 50.7. The molecule has 140 valence electrons. The van der Waals surface area contributed by atoms with Crippen molar-refractivity contribution in [3.05, 3.63) is 64.2 Å². The van der Waals surface area contributed by atoms with Crippen molar-refractivity contribution < 1.29 is 33.7 Å². The third-order valence-electron chi connectivity index (χ3n) is 3.55. The number of benzene rings is 2. The van der Waals surface area contributed by atoms with E-state index in [0.717, 1.165) is 31.3 Å². The third-order valence-corrected chi connectivity index (χ3v) is 3.55. The predicted octanol–water partition coefficient (Wildman–Crippen LogP) is 2.96. The molecule has 1 aliphatic rings. The Morgan fingerprint density at radius 3 is 2.26 bits per heavy atom. The molecule has 0 aliphatic carbocycles. The molecule has 2 aromatic rings. The highest BCUT2D eigenvalue weighted by Crippen LogP contribution is 2.29. The fraction of sp³-hybridized carbons (Fsp3) is 0.200. The average Bonchev–Trinajstić information content (AvgIpc) is 2.77. The van der Waals surface area contributed by atoms with E-state index in [1.54, 1.807) is 18.2 Å². The lowest BCUT2D eigenvalue weighted by Gasteiger charge is -2.05. The van der Waals surface area contributed by atoms with Crippen LogP contribution >= 0.6 is 0 Å². The second-order valence-corrected chi connectivity index (χ2v) is 5.80. The summed E-state index contributed by atoms with van der Waals surface area (Å²) in [5.41, 5.74) is 3.55. The van der Waals surface area contributed by atoms with Crippen LogP contribution in [0, 0.1) is 6.92 Å². The van der Waals surface area contributed by atoms with E-state index in [1.165, 1.54) is 0 Å². The summed E-state index contributed by atoms with van der Waals surface area (Å²) in [6, 6.07) is 10.6. The van der Waals surface area contributed by atoms with Gasteiger partial charge in [0.2, 0.25) is 0 Å². The molecular weight excluding hydrogens is 352 g/mol. The van der Waals surface area contributed by atoms with Crippen molar-refractivity contribution in [3.8, 4) is 5.75 Å². The van der Waals surface area contributed by atoms with Crippen LogP contribution in [0.15, 0.2) is 36.4 Å². The van der Waals surface area contributed by atoms with Crippen molar-refractivity contribution in [2.24, 2.45) is 0 Å². The molecule has 7 nitrogen and oxygen atoms in total. The summed E-state index contributed by atoms with van der Waals surface area (Å²) >= 11 is 0. The van der Waals surface area contributed by atoms with Crippen LogP contribution in [0.1, 0.15) is 51.3 Å². The molecule has 0 unspecified atom stereocenters. The van der Waals surface area contributed by atoms with E-state index in [9.17, 15) is 19.2 Å². The van der Waals surface area contributed by atoms with Crippen LogP contribution in [0.25, 0.3) is 0 Å². The first-order chi connectivity index (χ1) is 12.8. The van der Waals surface area contributed by atoms with Gasteiger partial charge in [0.15, 0.2) is 5.78 Å². The summed E-state index contributed by atoms with van der Waals surface area (Å²) < 4.78 is 5.66. The first-order valence-corrected chi connectivity index (χ1v) is 8.03. The second kappa shape index (κ2) is 8.75. The van der Waals surface area contributed by atoms with Gasteiger partial charge in [-0.2, -0.15) is 0 Å². The molecule has 0 radical (unpaired) electrons. The SMILES string of the molecule is CC(=O)OOC(C)=O.Cc1ccc2c(c1)COc1ccc(C=O)cc1C2=O. The van der Waals surface area contributed by atoms with E-state index < -0.39 is 11.9 Å². The molecule has 0 saturated heterocycles. The average molecular weight is 370 g/mol. The number of ether oxygens (including phenoxy) is 1. The van der Waals surface area contributed by atoms with Crippen LogP contribution < -0.4 is 4.74 Å². The van der Waals surface area contributed by atoms with Gasteiger partial charge in [0, 0.05) is 30.5 Å². The molecule has 2 aromatic carbocycles. The molecule has 0 saturated carbocycles. The minimum atomic E-state index is -0.639. The molecule has 0 atom stereocenters. The zero-order valence-corrected chi connectivity index (χ0v) is 15.1. The van der Waals surface area contributed by atoms with Gasteiger partial charge in [0.1, 0.15) is 18.6 Å². The lowest BCUT2D eigenvalue weighted by Crippen LogP contribution is -2.03. The minimum absolute atomic E-state index is 0.0915. The highest BCUT2D eigenvalue weighted by molar-refractivity contribution is 6.12. The van der Waals surface area contributed by atoms with Crippen molar-refractivity contribution in [2.75, 3.05) is 0 Å². The van der Waals surface area contributed by atoms with E-state index in [1.807, 2.05) is 25.1 Å². The number of fused-ring (bicyclic) bond motifs is 2. The molecule has 3 rings (SSSR count). The van der Waals surface area contributed by atoms with Crippen molar-refractivity contribution in [1.82, 2.24) is 0 Å². The van der Waals surface area contributed by atoms with E-state index in [-0.39, 0.29) is 5.78 Å². The summed E-state index contributed by atoms with van der Waals surface area (Å²) in [5.74, 6) is -0.837. The number of ketones is 1. The van der Waals surface area contributed by atoms with Gasteiger partial charge in [-0.1, -0.05) is 23.8 Å². The van der Waals surface area contributed by atoms with Crippen LogP contribution in [-0.4, -0.2) is 24.0 Å². The molecule has 1 aliphatic heterocycles. The quantitative estimate of drug-likeness (QED) is 0.432. The molecule has 0 spiro atoms. The van der Waals surface area contributed by atoms with Gasteiger partial charge in [-0.05, 0) is 25.1 Å². The lowest BCUT2D eigenvalue weighted by molar-refractivity contribution is -0.255. The molecule has 0 N–H and O–H groups in total. The van der Waals surface area contributed by atoms with E-state index >= 15 is 0 Å². The zero-order valence-electron chi connectivity index (χ0n) is 15.1. The Labute approximate surface area is 155 Å². The first-order valence-electron chi connectivity index (χ1n) is 8.03. The number of carbonyl (C=O) groups excluding carboxylic acids is 4. The van der Waals surface area contributed by atoms with Gasteiger partial charge in [-0.3, -0.25) is 9.59 Å². The van der Waals surface area contributed by atoms with Crippen molar-refractivity contribution in [2.45, 2.75) is 27.4 Å². The van der Waals surface area contributed by atoms with Gasteiger partial charge in [0.25, 0.3) is 0 Å². The number of carbonyl (C=O) groups is 4. The molecule has 0 fully saturated rings. The second-order valence-electron chi connectivity index (χ2n) is 5.80. The number of hydrogen-bond acceptors (Lipinski definition) is 7. The fourth-order valence-electron chi connectivity index (χ4n) is 2.41.